The predicted molar refractivity (Wildman–Crippen MR) is 220 cm³/mol. The number of carbonyl (C=O) groups excluding carboxylic acids is 1. The number of aryl methyl sites for hydroxylation is 1. The van der Waals surface area contributed by atoms with Crippen molar-refractivity contribution in [3.05, 3.63) is 120 Å². The van der Waals surface area contributed by atoms with E-state index in [1.165, 1.54) is 15.9 Å². The Morgan fingerprint density at radius 3 is 2.16 bits per heavy atom. The standard InChI is InChI=1S/C45H55N5O4Si/c1-32-26-34(49-25-24-43(8,29-49)33-18-12-9-13-19-33)27-50-37(32)46-39(48-50)45-28-44(30-52-45,38(45)47-40(51)54-41(2,3)4)31-53-55(42(5,6)7,35-20-14-10-15-21-35)36-22-16-11-17-23-36/h9-23,26-27,38H,24-25,28-31H2,1-8H3,(H,47,51)/t38?,43-,44?,45?/m0/s1. The van der Waals surface area contributed by atoms with Crippen LogP contribution < -0.4 is 20.6 Å². The number of hydrogen-bond acceptors (Lipinski definition) is 7. The molecule has 5 aromatic rings. The van der Waals surface area contributed by atoms with Gasteiger partial charge in [-0.25, -0.2) is 14.3 Å². The first kappa shape index (κ1) is 37.4. The van der Waals surface area contributed by atoms with Gasteiger partial charge in [0.25, 0.3) is 8.32 Å². The van der Waals surface area contributed by atoms with Crippen molar-refractivity contribution in [2.75, 3.05) is 31.2 Å². The van der Waals surface area contributed by atoms with E-state index < -0.39 is 37.1 Å². The van der Waals surface area contributed by atoms with Gasteiger partial charge in [-0.3, -0.25) is 0 Å². The summed E-state index contributed by atoms with van der Waals surface area (Å²) >= 11 is 0. The maximum atomic E-state index is 13.6. The van der Waals surface area contributed by atoms with Gasteiger partial charge in [0.05, 0.1) is 24.5 Å². The summed E-state index contributed by atoms with van der Waals surface area (Å²) in [5.41, 5.74) is 2.27. The van der Waals surface area contributed by atoms with Crippen molar-refractivity contribution in [2.24, 2.45) is 5.41 Å². The van der Waals surface area contributed by atoms with Gasteiger partial charge < -0.3 is 24.1 Å². The molecule has 5 heterocycles. The first-order chi connectivity index (χ1) is 26.1. The van der Waals surface area contributed by atoms with E-state index >= 15 is 0 Å². The molecule has 3 unspecified atom stereocenters. The molecule has 2 bridgehead atoms. The molecule has 4 aliphatic rings. The number of rotatable bonds is 9. The number of benzene rings is 3. The number of aromatic nitrogens is 3. The Morgan fingerprint density at radius 2 is 1.56 bits per heavy atom. The fourth-order valence-corrected chi connectivity index (χ4v) is 14.2. The van der Waals surface area contributed by atoms with Crippen molar-refractivity contribution < 1.29 is 18.7 Å². The van der Waals surface area contributed by atoms with E-state index in [9.17, 15) is 4.79 Å². The van der Waals surface area contributed by atoms with Crippen LogP contribution in [-0.4, -0.2) is 67.0 Å². The number of pyridine rings is 1. The second kappa shape index (κ2) is 13.3. The Balaban J connectivity index is 1.13. The molecule has 3 aliphatic heterocycles. The van der Waals surface area contributed by atoms with E-state index in [2.05, 4.69) is 148 Å². The predicted octanol–water partition coefficient (Wildman–Crippen LogP) is 7.29. The van der Waals surface area contributed by atoms with Crippen LogP contribution in [0.1, 0.15) is 78.3 Å². The van der Waals surface area contributed by atoms with E-state index in [4.69, 9.17) is 24.0 Å². The molecule has 1 aliphatic carbocycles. The molecule has 55 heavy (non-hydrogen) atoms. The molecule has 9 rings (SSSR count). The molecule has 3 aromatic carbocycles. The number of hydrogen-bond donors (Lipinski definition) is 1. The number of ether oxygens (including phenoxy) is 2. The highest BCUT2D eigenvalue weighted by Gasteiger charge is 2.74. The summed E-state index contributed by atoms with van der Waals surface area (Å²) in [6, 6.07) is 33.9. The smallest absolute Gasteiger partial charge is 0.408 e. The topological polar surface area (TPSA) is 90.2 Å². The maximum Gasteiger partial charge on any atom is 0.408 e. The molecule has 4 fully saturated rings. The SMILES string of the molecule is Cc1cc(N2CC[C@](C)(c3ccccc3)C2)cn2nc(C34CC(CO[Si](c5ccccc5)(c5ccccc5)C(C)(C)C)(CO3)C4NC(=O)OC(C)(C)C)nc12. The molecule has 1 N–H and O–H groups in total. The average molecular weight is 758 g/mol. The van der Waals surface area contributed by atoms with Gasteiger partial charge in [0.15, 0.2) is 17.1 Å². The number of amides is 1. The molecular weight excluding hydrogens is 703 g/mol. The molecule has 9 nitrogen and oxygen atoms in total. The maximum absolute atomic E-state index is 13.6. The number of carbonyl (C=O) groups is 1. The average Bonchev–Trinajstić information content (AvgIpc) is 3.93. The van der Waals surface area contributed by atoms with Crippen LogP contribution in [0.5, 0.6) is 0 Å². The fraction of sp³-hybridized carbons (Fsp3) is 0.444. The first-order valence-corrected chi connectivity index (χ1v) is 21.6. The van der Waals surface area contributed by atoms with Crippen LogP contribution >= 0.6 is 0 Å². The Bertz CT molecular complexity index is 2140. The van der Waals surface area contributed by atoms with E-state index in [1.54, 1.807) is 0 Å². The first-order valence-electron chi connectivity index (χ1n) is 19.6. The Labute approximate surface area is 326 Å². The lowest BCUT2D eigenvalue weighted by Crippen LogP contribution is -2.71. The molecule has 10 heteroatoms. The van der Waals surface area contributed by atoms with Crippen molar-refractivity contribution in [1.82, 2.24) is 19.9 Å². The van der Waals surface area contributed by atoms with Crippen molar-refractivity contribution >= 4 is 36.1 Å². The highest BCUT2D eigenvalue weighted by molar-refractivity contribution is 6.99. The number of anilines is 1. The van der Waals surface area contributed by atoms with Gasteiger partial charge in [-0.2, -0.15) is 0 Å². The van der Waals surface area contributed by atoms with Crippen LogP contribution in [0.25, 0.3) is 5.65 Å². The number of nitrogens with one attached hydrogen (secondary N) is 1. The number of nitrogens with zero attached hydrogens (tertiary/aromatic N) is 4. The van der Waals surface area contributed by atoms with Crippen LogP contribution in [0, 0.1) is 12.3 Å². The molecular formula is C45H55N5O4Si. The number of fused-ring (bicyclic) bond motifs is 2. The molecule has 2 aromatic heterocycles. The van der Waals surface area contributed by atoms with Crippen LogP contribution in [-0.2, 0) is 24.9 Å². The lowest BCUT2D eigenvalue weighted by Gasteiger charge is -2.53. The summed E-state index contributed by atoms with van der Waals surface area (Å²) in [6.07, 6.45) is 3.29. The quantitative estimate of drug-likeness (QED) is 0.158. The van der Waals surface area contributed by atoms with Crippen LogP contribution in [0.4, 0.5) is 10.5 Å². The van der Waals surface area contributed by atoms with Crippen LogP contribution in [0.3, 0.4) is 0 Å². The van der Waals surface area contributed by atoms with Crippen molar-refractivity contribution in [1.29, 1.82) is 0 Å². The van der Waals surface area contributed by atoms with Crippen LogP contribution in [0.15, 0.2) is 103 Å². The molecule has 1 amide bonds. The highest BCUT2D eigenvalue weighted by Crippen LogP contribution is 2.63. The minimum absolute atomic E-state index is 0.0701. The zero-order valence-corrected chi connectivity index (χ0v) is 34.6. The van der Waals surface area contributed by atoms with Crippen molar-refractivity contribution in [2.45, 2.75) is 95.9 Å². The Kier molecular flexibility index (Phi) is 9.06. The minimum Gasteiger partial charge on any atom is -0.444 e. The summed E-state index contributed by atoms with van der Waals surface area (Å²) < 4.78 is 22.0. The summed E-state index contributed by atoms with van der Waals surface area (Å²) in [5, 5.41) is 10.6. The summed E-state index contributed by atoms with van der Waals surface area (Å²) in [6.45, 7) is 19.6. The minimum atomic E-state index is -2.88. The molecule has 3 saturated heterocycles. The summed E-state index contributed by atoms with van der Waals surface area (Å²) in [7, 11) is -2.88. The summed E-state index contributed by atoms with van der Waals surface area (Å²) in [4.78, 5) is 21.2. The van der Waals surface area contributed by atoms with Gasteiger partial charge in [-0.1, -0.05) is 119 Å². The van der Waals surface area contributed by atoms with Crippen molar-refractivity contribution in [3.8, 4) is 0 Å². The lowest BCUT2D eigenvalue weighted by molar-refractivity contribution is -0.0785. The van der Waals surface area contributed by atoms with Gasteiger partial charge in [-0.05, 0) is 73.1 Å². The van der Waals surface area contributed by atoms with Gasteiger partial charge >= 0.3 is 6.09 Å². The third-order valence-electron chi connectivity index (χ3n) is 12.3. The van der Waals surface area contributed by atoms with Gasteiger partial charge in [0.2, 0.25) is 0 Å². The molecule has 0 spiro atoms. The van der Waals surface area contributed by atoms with Crippen molar-refractivity contribution in [3.63, 3.8) is 0 Å². The van der Waals surface area contributed by atoms with Crippen LogP contribution in [0.2, 0.25) is 5.04 Å². The molecule has 288 valence electrons. The highest BCUT2D eigenvalue weighted by atomic mass is 28.4. The number of alkyl carbamates (subject to hydrolysis) is 1. The third kappa shape index (κ3) is 6.36. The van der Waals surface area contributed by atoms with E-state index in [0.717, 1.165) is 36.4 Å². The normalized spacial score (nSPS) is 25.2. The third-order valence-corrected chi connectivity index (χ3v) is 17.2. The summed E-state index contributed by atoms with van der Waals surface area (Å²) in [5.74, 6) is 0.572. The Hall–Kier alpha value is -4.51. The van der Waals surface area contributed by atoms with Gasteiger partial charge in [-0.15, -0.1) is 5.10 Å². The van der Waals surface area contributed by atoms with Gasteiger partial charge in [0.1, 0.15) is 5.60 Å². The zero-order valence-electron chi connectivity index (χ0n) is 33.6. The Morgan fingerprint density at radius 1 is 0.945 bits per heavy atom. The monoisotopic (exact) mass is 757 g/mol. The largest absolute Gasteiger partial charge is 0.444 e. The van der Waals surface area contributed by atoms with E-state index in [1.807, 2.05) is 25.3 Å². The lowest BCUT2D eigenvalue weighted by atomic mass is 9.58. The molecule has 1 saturated carbocycles. The zero-order chi connectivity index (χ0) is 38.9. The molecule has 0 radical (unpaired) electrons. The second-order valence-electron chi connectivity index (χ2n) is 18.4. The van der Waals surface area contributed by atoms with E-state index in [0.29, 0.717) is 25.5 Å². The van der Waals surface area contributed by atoms with Gasteiger partial charge in [0, 0.05) is 30.5 Å². The second-order valence-corrected chi connectivity index (χ2v) is 22.7. The molecule has 4 atom stereocenters. The fourth-order valence-electron chi connectivity index (χ4n) is 9.53. The van der Waals surface area contributed by atoms with E-state index in [-0.39, 0.29) is 10.5 Å².